The zero-order chi connectivity index (χ0) is 9.50. The maximum Gasteiger partial charge on any atom is 0.197 e. The zero-order valence-corrected chi connectivity index (χ0v) is 10.4. The summed E-state index contributed by atoms with van der Waals surface area (Å²) in [5.41, 5.74) is 0. The van der Waals surface area contributed by atoms with Crippen LogP contribution >= 0.6 is 50.5 Å². The van der Waals surface area contributed by atoms with Crippen molar-refractivity contribution < 1.29 is 8.42 Å². The van der Waals surface area contributed by atoms with Crippen LogP contribution in [0.25, 0.3) is 0 Å². The lowest BCUT2D eigenvalue weighted by molar-refractivity contribution is 0.589. The summed E-state index contributed by atoms with van der Waals surface area (Å²) in [5.74, 6) is 0. The third-order valence-corrected chi connectivity index (χ3v) is 5.94. The molecule has 0 heterocycles. The Bertz CT molecular complexity index is 208. The van der Waals surface area contributed by atoms with Crippen molar-refractivity contribution in [3.63, 3.8) is 0 Å². The Kier molecular flexibility index (Phi) is 3.65. The van der Waals surface area contributed by atoms with Gasteiger partial charge in [-0.15, -0.1) is 50.5 Å². The molecule has 0 bridgehead atoms. The highest BCUT2D eigenvalue weighted by Gasteiger charge is 2.43. The molecule has 0 atom stereocenters. The predicted octanol–water partition coefficient (Wildman–Crippen LogP) is 1.47. The maximum atomic E-state index is 11.4. The van der Waals surface area contributed by atoms with Crippen LogP contribution in [0.4, 0.5) is 0 Å². The maximum absolute atomic E-state index is 11.4. The van der Waals surface area contributed by atoms with E-state index >= 15 is 0 Å². The Balaban J connectivity index is 5.11. The molecule has 68 valence electrons. The third-order valence-electron chi connectivity index (χ3n) is 1.02. The molecule has 2 nitrogen and oxygen atoms in total. The molecule has 11 heavy (non-hydrogen) atoms. The second-order valence-corrected chi connectivity index (χ2v) is 10.5. The topological polar surface area (TPSA) is 34.1 Å². The molecule has 0 aromatic rings. The molecule has 0 aromatic heterocycles. The van der Waals surface area contributed by atoms with E-state index in [0.29, 0.717) is 0 Å². The lowest BCUT2D eigenvalue weighted by atomic mass is 10.9. The molecule has 0 radical (unpaired) electrons. The molecule has 0 amide bonds. The molecular formula is C4H10O2S5. The van der Waals surface area contributed by atoms with Gasteiger partial charge in [0.05, 0.1) is 0 Å². The van der Waals surface area contributed by atoms with Crippen LogP contribution in [0.15, 0.2) is 0 Å². The van der Waals surface area contributed by atoms with E-state index in [1.54, 1.807) is 0 Å². The lowest BCUT2D eigenvalue weighted by Gasteiger charge is -2.26. The fourth-order valence-corrected chi connectivity index (χ4v) is 4.15. The van der Waals surface area contributed by atoms with Gasteiger partial charge < -0.3 is 0 Å². The lowest BCUT2D eigenvalue weighted by Crippen LogP contribution is -2.35. The summed E-state index contributed by atoms with van der Waals surface area (Å²) in [7, 11) is -3.56. The van der Waals surface area contributed by atoms with Crippen molar-refractivity contribution in [3.05, 3.63) is 0 Å². The SMILES string of the molecule is CC(S)(S)S(=O)(=O)C(C)(S)S. The average Bonchev–Trinajstić information content (AvgIpc) is 1.58. The molecule has 0 fully saturated rings. The van der Waals surface area contributed by atoms with Crippen LogP contribution in [-0.4, -0.2) is 15.2 Å². The number of hydrogen-bond acceptors (Lipinski definition) is 6. The molecule has 0 aliphatic rings. The van der Waals surface area contributed by atoms with Gasteiger partial charge in [-0.1, -0.05) is 0 Å². The van der Waals surface area contributed by atoms with Crippen molar-refractivity contribution in [1.29, 1.82) is 0 Å². The van der Waals surface area contributed by atoms with Crippen molar-refractivity contribution in [2.45, 2.75) is 20.7 Å². The molecule has 0 aliphatic heterocycles. The number of sulfone groups is 1. The first-order valence-corrected chi connectivity index (χ1v) is 5.91. The van der Waals surface area contributed by atoms with Crippen LogP contribution in [0.3, 0.4) is 0 Å². The van der Waals surface area contributed by atoms with Gasteiger partial charge >= 0.3 is 0 Å². The standard InChI is InChI=1S/C4H10O2S5/c1-3(7,8)11(5,6)4(2,9)10/h7-10H,1-2H3. The normalized spacial score (nSPS) is 15.1. The minimum absolute atomic E-state index is 1.36. The van der Waals surface area contributed by atoms with Crippen molar-refractivity contribution in [2.75, 3.05) is 0 Å². The quantitative estimate of drug-likeness (QED) is 0.442. The van der Waals surface area contributed by atoms with Crippen molar-refractivity contribution in [2.24, 2.45) is 0 Å². The second kappa shape index (κ2) is 3.25. The van der Waals surface area contributed by atoms with Gasteiger partial charge in [-0.3, -0.25) is 0 Å². The second-order valence-electron chi connectivity index (χ2n) is 2.37. The van der Waals surface area contributed by atoms with E-state index in [4.69, 9.17) is 0 Å². The van der Waals surface area contributed by atoms with Gasteiger partial charge in [0.25, 0.3) is 0 Å². The Labute approximate surface area is 89.1 Å². The van der Waals surface area contributed by atoms with Gasteiger partial charge in [-0.2, -0.15) is 0 Å². The van der Waals surface area contributed by atoms with E-state index in [1.165, 1.54) is 13.8 Å². The molecule has 0 saturated heterocycles. The highest BCUT2D eigenvalue weighted by Crippen LogP contribution is 2.39. The van der Waals surface area contributed by atoms with Crippen LogP contribution in [0.5, 0.6) is 0 Å². The smallest absolute Gasteiger partial charge is 0.197 e. The molecule has 0 aliphatic carbocycles. The summed E-state index contributed by atoms with van der Waals surface area (Å²) in [6.45, 7) is 2.72. The molecule has 0 rings (SSSR count). The number of rotatable bonds is 2. The van der Waals surface area contributed by atoms with Gasteiger partial charge in [0.2, 0.25) is 0 Å². The molecular weight excluding hydrogens is 240 g/mol. The number of thiol groups is 4. The van der Waals surface area contributed by atoms with Gasteiger partial charge in [-0.05, 0) is 13.8 Å². The van der Waals surface area contributed by atoms with E-state index in [1.807, 2.05) is 0 Å². The van der Waals surface area contributed by atoms with Gasteiger partial charge in [0.15, 0.2) is 16.7 Å². The highest BCUT2D eigenvalue weighted by molar-refractivity contribution is 8.29. The first-order chi connectivity index (χ1) is 4.50. The summed E-state index contributed by atoms with van der Waals surface area (Å²) >= 11 is 15.2. The van der Waals surface area contributed by atoms with Crippen molar-refractivity contribution in [3.8, 4) is 0 Å². The summed E-state index contributed by atoms with van der Waals surface area (Å²) in [6.07, 6.45) is 0. The highest BCUT2D eigenvalue weighted by atomic mass is 32.3. The first-order valence-electron chi connectivity index (χ1n) is 2.64. The molecule has 0 spiro atoms. The zero-order valence-electron chi connectivity index (χ0n) is 6.01. The Hall–Kier alpha value is 1.35. The first kappa shape index (κ1) is 12.3. The summed E-state index contributed by atoms with van der Waals surface area (Å²) in [5, 5.41) is 0. The van der Waals surface area contributed by atoms with Crippen LogP contribution in [0.2, 0.25) is 0 Å². The Morgan fingerprint density at radius 2 is 1.09 bits per heavy atom. The average molecular weight is 250 g/mol. The van der Waals surface area contributed by atoms with E-state index in [2.05, 4.69) is 50.5 Å². The summed E-state index contributed by atoms with van der Waals surface area (Å²) in [4.78, 5) is 0. The van der Waals surface area contributed by atoms with Crippen LogP contribution in [-0.2, 0) is 9.84 Å². The summed E-state index contributed by atoms with van der Waals surface area (Å²) in [6, 6.07) is 0. The van der Waals surface area contributed by atoms with Crippen molar-refractivity contribution in [1.82, 2.24) is 0 Å². The van der Waals surface area contributed by atoms with Gasteiger partial charge in [-0.25, -0.2) is 8.42 Å². The molecule has 0 unspecified atom stereocenters. The van der Waals surface area contributed by atoms with Gasteiger partial charge in [0, 0.05) is 0 Å². The van der Waals surface area contributed by atoms with Gasteiger partial charge in [0.1, 0.15) is 0 Å². The number of hydrogen-bond donors (Lipinski definition) is 4. The Morgan fingerprint density at radius 3 is 1.09 bits per heavy atom. The van der Waals surface area contributed by atoms with E-state index in [0.717, 1.165) is 0 Å². The van der Waals surface area contributed by atoms with E-state index < -0.39 is 16.7 Å². The third kappa shape index (κ3) is 2.65. The van der Waals surface area contributed by atoms with E-state index in [-0.39, 0.29) is 0 Å². The molecule has 7 heteroatoms. The minimum atomic E-state index is -3.56. The van der Waals surface area contributed by atoms with Crippen LogP contribution in [0.1, 0.15) is 13.8 Å². The molecule has 0 N–H and O–H groups in total. The Morgan fingerprint density at radius 1 is 0.909 bits per heavy atom. The predicted molar refractivity (Wildman–Crippen MR) is 61.7 cm³/mol. The molecule has 0 saturated carbocycles. The van der Waals surface area contributed by atoms with Crippen LogP contribution in [0, 0.1) is 0 Å². The fourth-order valence-electron chi connectivity index (χ4n) is 0.366. The fraction of sp³-hybridized carbons (Fsp3) is 1.00. The monoisotopic (exact) mass is 250 g/mol. The summed E-state index contributed by atoms with van der Waals surface area (Å²) < 4.78 is 19.9. The minimum Gasteiger partial charge on any atom is -0.224 e. The van der Waals surface area contributed by atoms with E-state index in [9.17, 15) is 8.42 Å². The molecule has 0 aromatic carbocycles. The van der Waals surface area contributed by atoms with Crippen LogP contribution < -0.4 is 0 Å². The largest absolute Gasteiger partial charge is 0.224 e. The van der Waals surface area contributed by atoms with Crippen molar-refractivity contribution >= 4 is 60.4 Å².